The van der Waals surface area contributed by atoms with Crippen LogP contribution in [-0.4, -0.2) is 16.2 Å². The molecule has 2 aromatic carbocycles. The molecule has 0 radical (unpaired) electrons. The maximum atomic E-state index is 13.1. The smallest absolute Gasteiger partial charge is 0.336 e. The Morgan fingerprint density at radius 1 is 1.21 bits per heavy atom. The van der Waals surface area contributed by atoms with Gasteiger partial charge in [0.2, 0.25) is 0 Å². The zero-order valence-electron chi connectivity index (χ0n) is 9.68. The van der Waals surface area contributed by atoms with Gasteiger partial charge in [-0.05, 0) is 45.3 Å². The van der Waals surface area contributed by atoms with Crippen LogP contribution in [0.5, 0.6) is 0 Å². The molecule has 0 aliphatic carbocycles. The summed E-state index contributed by atoms with van der Waals surface area (Å²) in [7, 11) is 0. The Hall–Kier alpha value is -1.72. The minimum Gasteiger partial charge on any atom is -0.478 e. The molecule has 1 unspecified atom stereocenters. The minimum atomic E-state index is -1.12. The van der Waals surface area contributed by atoms with Gasteiger partial charge in [-0.3, -0.25) is 0 Å². The van der Waals surface area contributed by atoms with Crippen LogP contribution in [0.1, 0.15) is 27.6 Å². The van der Waals surface area contributed by atoms with Gasteiger partial charge in [-0.1, -0.05) is 24.3 Å². The summed E-state index contributed by atoms with van der Waals surface area (Å²) >= 11 is 3.03. The Labute approximate surface area is 117 Å². The first-order chi connectivity index (χ1) is 9.00. The van der Waals surface area contributed by atoms with E-state index in [-0.39, 0.29) is 15.6 Å². The molecule has 0 aliphatic rings. The molecule has 0 saturated heterocycles. The van der Waals surface area contributed by atoms with Crippen molar-refractivity contribution in [2.45, 2.75) is 6.10 Å². The number of hydrogen-bond acceptors (Lipinski definition) is 2. The molecule has 5 heteroatoms. The molecule has 0 fully saturated rings. The number of aliphatic hydroxyl groups excluding tert-OH is 1. The molecule has 98 valence electrons. The molecular formula is C14H10BrFO3. The van der Waals surface area contributed by atoms with Crippen LogP contribution in [0.15, 0.2) is 46.9 Å². The van der Waals surface area contributed by atoms with Gasteiger partial charge in [0.15, 0.2) is 0 Å². The highest BCUT2D eigenvalue weighted by Gasteiger charge is 2.18. The standard InChI is InChI=1S/C14H10BrFO3/c15-11-7-8(5-6-12(11)16)13(17)9-3-1-2-4-10(9)14(18)19/h1-7,13,17H,(H,18,19). The van der Waals surface area contributed by atoms with E-state index in [1.165, 1.54) is 30.3 Å². The number of carboxylic acids is 1. The maximum Gasteiger partial charge on any atom is 0.336 e. The molecule has 2 rings (SSSR count). The van der Waals surface area contributed by atoms with Crippen molar-refractivity contribution in [3.63, 3.8) is 0 Å². The van der Waals surface area contributed by atoms with Crippen LogP contribution in [0.3, 0.4) is 0 Å². The van der Waals surface area contributed by atoms with Crippen molar-refractivity contribution in [2.24, 2.45) is 0 Å². The van der Waals surface area contributed by atoms with Crippen molar-refractivity contribution >= 4 is 21.9 Å². The van der Waals surface area contributed by atoms with Gasteiger partial charge >= 0.3 is 5.97 Å². The molecule has 0 aromatic heterocycles. The van der Waals surface area contributed by atoms with Crippen molar-refractivity contribution in [2.75, 3.05) is 0 Å². The van der Waals surface area contributed by atoms with Crippen LogP contribution in [0.25, 0.3) is 0 Å². The van der Waals surface area contributed by atoms with E-state index in [1.54, 1.807) is 12.1 Å². The van der Waals surface area contributed by atoms with E-state index in [1.807, 2.05) is 0 Å². The SMILES string of the molecule is O=C(O)c1ccccc1C(O)c1ccc(F)c(Br)c1. The van der Waals surface area contributed by atoms with Crippen LogP contribution in [0.4, 0.5) is 4.39 Å². The van der Waals surface area contributed by atoms with Gasteiger partial charge in [-0.2, -0.15) is 0 Å². The zero-order chi connectivity index (χ0) is 14.0. The van der Waals surface area contributed by atoms with Crippen molar-refractivity contribution in [1.29, 1.82) is 0 Å². The monoisotopic (exact) mass is 324 g/mol. The topological polar surface area (TPSA) is 57.5 Å². The molecule has 19 heavy (non-hydrogen) atoms. The number of carbonyl (C=O) groups is 1. The van der Waals surface area contributed by atoms with Crippen LogP contribution in [0.2, 0.25) is 0 Å². The summed E-state index contributed by atoms with van der Waals surface area (Å²) in [6.07, 6.45) is -1.12. The second kappa shape index (κ2) is 5.50. The average molecular weight is 325 g/mol. The van der Waals surface area contributed by atoms with Crippen molar-refractivity contribution in [3.8, 4) is 0 Å². The molecule has 0 amide bonds. The first kappa shape index (κ1) is 13.7. The summed E-state index contributed by atoms with van der Waals surface area (Å²) in [5, 5.41) is 19.3. The lowest BCUT2D eigenvalue weighted by atomic mass is 9.97. The van der Waals surface area contributed by atoms with E-state index in [2.05, 4.69) is 15.9 Å². The number of rotatable bonds is 3. The molecule has 0 bridgehead atoms. The predicted molar refractivity (Wildman–Crippen MR) is 71.6 cm³/mol. The number of aromatic carboxylic acids is 1. The number of hydrogen-bond donors (Lipinski definition) is 2. The lowest BCUT2D eigenvalue weighted by Gasteiger charge is -2.14. The second-order valence-corrected chi connectivity index (χ2v) is 4.82. The quantitative estimate of drug-likeness (QED) is 0.910. The lowest BCUT2D eigenvalue weighted by molar-refractivity contribution is 0.0691. The van der Waals surface area contributed by atoms with E-state index in [9.17, 15) is 14.3 Å². The molecule has 3 nitrogen and oxygen atoms in total. The van der Waals surface area contributed by atoms with E-state index in [4.69, 9.17) is 5.11 Å². The Morgan fingerprint density at radius 2 is 1.89 bits per heavy atom. The summed E-state index contributed by atoms with van der Waals surface area (Å²) in [6.45, 7) is 0. The van der Waals surface area contributed by atoms with Crippen molar-refractivity contribution in [3.05, 3.63) is 69.4 Å². The lowest BCUT2D eigenvalue weighted by Crippen LogP contribution is -2.08. The summed E-state index contributed by atoms with van der Waals surface area (Å²) in [5.41, 5.74) is 0.714. The number of halogens is 2. The Balaban J connectivity index is 2.46. The fourth-order valence-corrected chi connectivity index (χ4v) is 2.19. The van der Waals surface area contributed by atoms with Crippen LogP contribution < -0.4 is 0 Å². The van der Waals surface area contributed by atoms with Gasteiger partial charge < -0.3 is 10.2 Å². The molecular weight excluding hydrogens is 315 g/mol. The Morgan fingerprint density at radius 3 is 2.53 bits per heavy atom. The first-order valence-corrected chi connectivity index (χ1v) is 6.25. The average Bonchev–Trinajstić information content (AvgIpc) is 2.41. The summed E-state index contributed by atoms with van der Waals surface area (Å²) < 4.78 is 13.4. The van der Waals surface area contributed by atoms with Gasteiger partial charge in [-0.25, -0.2) is 9.18 Å². The highest BCUT2D eigenvalue weighted by molar-refractivity contribution is 9.10. The van der Waals surface area contributed by atoms with Gasteiger partial charge in [0.05, 0.1) is 10.0 Å². The van der Waals surface area contributed by atoms with E-state index in [0.29, 0.717) is 5.56 Å². The highest BCUT2D eigenvalue weighted by Crippen LogP contribution is 2.28. The molecule has 0 spiro atoms. The third kappa shape index (κ3) is 2.83. The van der Waals surface area contributed by atoms with Crippen molar-refractivity contribution in [1.82, 2.24) is 0 Å². The Kier molecular flexibility index (Phi) is 3.97. The molecule has 0 heterocycles. The molecule has 1 atom stereocenters. The minimum absolute atomic E-state index is 0.0236. The maximum absolute atomic E-state index is 13.1. The van der Waals surface area contributed by atoms with Crippen LogP contribution in [-0.2, 0) is 0 Å². The third-order valence-corrected chi connectivity index (χ3v) is 3.35. The van der Waals surface area contributed by atoms with E-state index < -0.39 is 17.9 Å². The van der Waals surface area contributed by atoms with E-state index >= 15 is 0 Å². The van der Waals surface area contributed by atoms with Crippen LogP contribution >= 0.6 is 15.9 Å². The van der Waals surface area contributed by atoms with Gasteiger partial charge in [0, 0.05) is 0 Å². The van der Waals surface area contributed by atoms with Crippen molar-refractivity contribution < 1.29 is 19.4 Å². The fourth-order valence-electron chi connectivity index (χ4n) is 1.79. The molecule has 2 N–H and O–H groups in total. The van der Waals surface area contributed by atoms with Crippen LogP contribution in [0, 0.1) is 5.82 Å². The van der Waals surface area contributed by atoms with E-state index in [0.717, 1.165) is 0 Å². The first-order valence-electron chi connectivity index (χ1n) is 5.46. The Bertz CT molecular complexity index is 628. The normalized spacial score (nSPS) is 12.2. The zero-order valence-corrected chi connectivity index (χ0v) is 11.3. The number of aliphatic hydroxyl groups is 1. The number of benzene rings is 2. The third-order valence-electron chi connectivity index (χ3n) is 2.75. The summed E-state index contributed by atoms with van der Waals surface area (Å²) in [6, 6.07) is 10.2. The molecule has 0 saturated carbocycles. The molecule has 0 aliphatic heterocycles. The fraction of sp³-hybridized carbons (Fsp3) is 0.0714. The summed E-state index contributed by atoms with van der Waals surface area (Å²) in [4.78, 5) is 11.1. The summed E-state index contributed by atoms with van der Waals surface area (Å²) in [5.74, 6) is -1.56. The molecule has 2 aromatic rings. The largest absolute Gasteiger partial charge is 0.478 e. The predicted octanol–water partition coefficient (Wildman–Crippen LogP) is 3.37. The second-order valence-electron chi connectivity index (χ2n) is 3.97. The number of carboxylic acid groups (broad SMARTS) is 1. The van der Waals surface area contributed by atoms with Gasteiger partial charge in [-0.15, -0.1) is 0 Å². The highest BCUT2D eigenvalue weighted by atomic mass is 79.9. The van der Waals surface area contributed by atoms with Gasteiger partial charge in [0.25, 0.3) is 0 Å². The van der Waals surface area contributed by atoms with Gasteiger partial charge in [0.1, 0.15) is 11.9 Å².